The van der Waals surface area contributed by atoms with Crippen LogP contribution >= 0.6 is 0 Å². The maximum atomic E-state index is 12.6. The number of ether oxygens (including phenoxy) is 1. The number of carbonyl (C=O) groups excluding carboxylic acids is 1. The Labute approximate surface area is 183 Å². The summed E-state index contributed by atoms with van der Waals surface area (Å²) < 4.78 is 5.61. The molecule has 0 radical (unpaired) electrons. The Morgan fingerprint density at radius 3 is 2.84 bits per heavy atom. The fraction of sp³-hybridized carbons (Fsp3) is 0.565. The molecule has 0 saturated heterocycles. The van der Waals surface area contributed by atoms with Gasteiger partial charge in [-0.05, 0) is 58.4 Å². The van der Waals surface area contributed by atoms with Gasteiger partial charge in [0, 0.05) is 36.1 Å². The summed E-state index contributed by atoms with van der Waals surface area (Å²) >= 11 is 0. The Balaban J connectivity index is 1.56. The molecule has 1 saturated carbocycles. The van der Waals surface area contributed by atoms with Crippen LogP contribution in [0.2, 0.25) is 0 Å². The normalized spacial score (nSPS) is 17.4. The quantitative estimate of drug-likeness (QED) is 0.669. The fourth-order valence-corrected chi connectivity index (χ4v) is 4.18. The second kappa shape index (κ2) is 8.78. The van der Waals surface area contributed by atoms with E-state index in [2.05, 4.69) is 17.2 Å². The number of anilines is 1. The van der Waals surface area contributed by atoms with Crippen molar-refractivity contribution in [3.8, 4) is 17.3 Å². The van der Waals surface area contributed by atoms with Gasteiger partial charge in [-0.1, -0.05) is 0 Å². The molecule has 166 valence electrons. The molecular formula is C23H31N5O3. The van der Waals surface area contributed by atoms with E-state index in [9.17, 15) is 9.90 Å². The molecule has 1 fully saturated rings. The van der Waals surface area contributed by atoms with Gasteiger partial charge >= 0.3 is 0 Å². The summed E-state index contributed by atoms with van der Waals surface area (Å²) in [4.78, 5) is 28.5. The van der Waals surface area contributed by atoms with E-state index in [0.29, 0.717) is 17.3 Å². The van der Waals surface area contributed by atoms with Gasteiger partial charge in [-0.25, -0.2) is 9.97 Å². The second-order valence-electron chi connectivity index (χ2n) is 9.00. The van der Waals surface area contributed by atoms with Crippen LogP contribution in [0.5, 0.6) is 5.75 Å². The monoisotopic (exact) mass is 425 g/mol. The van der Waals surface area contributed by atoms with E-state index >= 15 is 0 Å². The molecule has 0 spiro atoms. The van der Waals surface area contributed by atoms with Gasteiger partial charge in [-0.3, -0.25) is 9.78 Å². The molecule has 2 aromatic rings. The van der Waals surface area contributed by atoms with Gasteiger partial charge in [-0.15, -0.1) is 0 Å². The lowest BCUT2D eigenvalue weighted by Crippen LogP contribution is -2.53. The predicted octanol–water partition coefficient (Wildman–Crippen LogP) is 2.28. The molecule has 2 aliphatic rings. The van der Waals surface area contributed by atoms with Crippen LogP contribution in [-0.2, 0) is 17.6 Å². The van der Waals surface area contributed by atoms with Gasteiger partial charge in [0.15, 0.2) is 5.82 Å². The highest BCUT2D eigenvalue weighted by atomic mass is 16.5. The number of likely N-dealkylation sites (N-methyl/N-ethyl adjacent to an activating group) is 1. The SMILES string of the molecule is C[C@H](O)COc1ccnc(-c2nc3c(c(N(C)CC(=O)NC4(C)CCC4)n2)CCC3)c1. The highest BCUT2D eigenvalue weighted by Crippen LogP contribution is 2.32. The van der Waals surface area contributed by atoms with Crippen LogP contribution in [0.1, 0.15) is 50.8 Å². The summed E-state index contributed by atoms with van der Waals surface area (Å²) in [6.45, 7) is 4.24. The Morgan fingerprint density at radius 1 is 1.32 bits per heavy atom. The van der Waals surface area contributed by atoms with Crippen molar-refractivity contribution >= 4 is 11.7 Å². The lowest BCUT2D eigenvalue weighted by atomic mass is 9.78. The highest BCUT2D eigenvalue weighted by Gasteiger charge is 2.33. The Bertz CT molecular complexity index is 958. The number of rotatable bonds is 8. The van der Waals surface area contributed by atoms with E-state index in [0.717, 1.165) is 49.2 Å². The van der Waals surface area contributed by atoms with Crippen molar-refractivity contribution in [1.82, 2.24) is 20.3 Å². The van der Waals surface area contributed by atoms with Gasteiger partial charge < -0.3 is 20.1 Å². The van der Waals surface area contributed by atoms with E-state index < -0.39 is 6.10 Å². The summed E-state index contributed by atoms with van der Waals surface area (Å²) in [5.74, 6) is 1.95. The molecule has 8 heteroatoms. The number of aromatic nitrogens is 3. The largest absolute Gasteiger partial charge is 0.491 e. The molecule has 2 heterocycles. The van der Waals surface area contributed by atoms with Crippen molar-refractivity contribution in [1.29, 1.82) is 0 Å². The molecule has 1 amide bonds. The van der Waals surface area contributed by atoms with Gasteiger partial charge in [0.1, 0.15) is 23.9 Å². The molecule has 0 aromatic carbocycles. The Hall–Kier alpha value is -2.74. The fourth-order valence-electron chi connectivity index (χ4n) is 4.18. The third kappa shape index (κ3) is 4.95. The summed E-state index contributed by atoms with van der Waals surface area (Å²) in [7, 11) is 1.91. The predicted molar refractivity (Wildman–Crippen MR) is 118 cm³/mol. The molecule has 2 N–H and O–H groups in total. The molecule has 0 unspecified atom stereocenters. The van der Waals surface area contributed by atoms with Crippen molar-refractivity contribution < 1.29 is 14.6 Å². The maximum Gasteiger partial charge on any atom is 0.239 e. The first-order valence-corrected chi connectivity index (χ1v) is 11.0. The van der Waals surface area contributed by atoms with Crippen molar-refractivity contribution in [3.05, 3.63) is 29.6 Å². The summed E-state index contributed by atoms with van der Waals surface area (Å²) in [6.07, 6.45) is 7.18. The third-order valence-corrected chi connectivity index (χ3v) is 6.00. The first-order chi connectivity index (χ1) is 14.8. The topological polar surface area (TPSA) is 100 Å². The number of nitrogens with one attached hydrogen (secondary N) is 1. The van der Waals surface area contributed by atoms with E-state index in [1.165, 1.54) is 6.42 Å². The molecular weight excluding hydrogens is 394 g/mol. The van der Waals surface area contributed by atoms with Gasteiger partial charge in [0.2, 0.25) is 5.91 Å². The van der Waals surface area contributed by atoms with E-state index in [1.807, 2.05) is 11.9 Å². The molecule has 0 aliphatic heterocycles. The van der Waals surface area contributed by atoms with Crippen molar-refractivity contribution in [2.45, 2.75) is 64.0 Å². The number of hydrogen-bond acceptors (Lipinski definition) is 7. The lowest BCUT2D eigenvalue weighted by Gasteiger charge is -2.39. The van der Waals surface area contributed by atoms with Crippen LogP contribution in [-0.4, -0.2) is 57.8 Å². The molecule has 2 aromatic heterocycles. The van der Waals surface area contributed by atoms with Crippen molar-refractivity contribution in [3.63, 3.8) is 0 Å². The number of fused-ring (bicyclic) bond motifs is 1. The van der Waals surface area contributed by atoms with Gasteiger partial charge in [0.25, 0.3) is 0 Å². The Kier molecular flexibility index (Phi) is 6.09. The summed E-state index contributed by atoms with van der Waals surface area (Å²) in [5, 5.41) is 12.6. The minimum atomic E-state index is -0.554. The zero-order chi connectivity index (χ0) is 22.0. The van der Waals surface area contributed by atoms with Crippen molar-refractivity contribution in [2.24, 2.45) is 0 Å². The zero-order valence-electron chi connectivity index (χ0n) is 18.5. The number of aliphatic hydroxyl groups is 1. The number of carbonyl (C=O) groups is 1. The summed E-state index contributed by atoms with van der Waals surface area (Å²) in [6, 6.07) is 3.53. The first kappa shape index (κ1) is 21.5. The number of nitrogens with zero attached hydrogens (tertiary/aromatic N) is 4. The number of aliphatic hydroxyl groups excluding tert-OH is 1. The van der Waals surface area contributed by atoms with Crippen LogP contribution in [0, 0.1) is 0 Å². The van der Waals surface area contributed by atoms with Gasteiger partial charge in [-0.2, -0.15) is 0 Å². The van der Waals surface area contributed by atoms with E-state index in [-0.39, 0.29) is 24.6 Å². The molecule has 4 rings (SSSR count). The average Bonchev–Trinajstić information content (AvgIpc) is 3.19. The van der Waals surface area contributed by atoms with Crippen LogP contribution < -0.4 is 15.0 Å². The number of hydrogen-bond donors (Lipinski definition) is 2. The molecule has 31 heavy (non-hydrogen) atoms. The smallest absolute Gasteiger partial charge is 0.239 e. The van der Waals surface area contributed by atoms with Crippen molar-refractivity contribution in [2.75, 3.05) is 25.1 Å². The number of aryl methyl sites for hydroxylation is 1. The molecule has 2 aliphatic carbocycles. The van der Waals surface area contributed by atoms with E-state index in [1.54, 1.807) is 25.3 Å². The van der Waals surface area contributed by atoms with Crippen LogP contribution in [0.4, 0.5) is 5.82 Å². The number of pyridine rings is 1. The minimum Gasteiger partial charge on any atom is -0.491 e. The van der Waals surface area contributed by atoms with Crippen LogP contribution in [0.15, 0.2) is 18.3 Å². The van der Waals surface area contributed by atoms with Gasteiger partial charge in [0.05, 0.1) is 12.6 Å². The Morgan fingerprint density at radius 2 is 2.13 bits per heavy atom. The minimum absolute atomic E-state index is 0.0169. The highest BCUT2D eigenvalue weighted by molar-refractivity contribution is 5.82. The standard InChI is InChI=1S/C23H31N5O3/c1-15(29)14-31-16-8-11-24-19(12-16)21-25-18-7-4-6-17(18)22(26-21)28(3)13-20(30)27-23(2)9-5-10-23/h8,11-12,15,29H,4-7,9-10,13-14H2,1-3H3,(H,27,30)/t15-/m0/s1. The maximum absolute atomic E-state index is 12.6. The van der Waals surface area contributed by atoms with E-state index in [4.69, 9.17) is 14.7 Å². The molecule has 0 bridgehead atoms. The molecule has 8 nitrogen and oxygen atoms in total. The summed E-state index contributed by atoms with van der Waals surface area (Å²) in [5.41, 5.74) is 2.69. The zero-order valence-corrected chi connectivity index (χ0v) is 18.5. The lowest BCUT2D eigenvalue weighted by molar-refractivity contribution is -0.122. The second-order valence-corrected chi connectivity index (χ2v) is 9.00. The van der Waals surface area contributed by atoms with Crippen LogP contribution in [0.25, 0.3) is 11.5 Å². The number of amides is 1. The van der Waals surface area contributed by atoms with Crippen LogP contribution in [0.3, 0.4) is 0 Å². The third-order valence-electron chi connectivity index (χ3n) is 6.00. The molecule has 1 atom stereocenters. The first-order valence-electron chi connectivity index (χ1n) is 11.0. The average molecular weight is 426 g/mol.